The Kier molecular flexibility index (Phi) is 4.82. The lowest BCUT2D eigenvalue weighted by Gasteiger charge is -2.23. The number of likely N-dealkylation sites (tertiary alicyclic amines) is 1. The van der Waals surface area contributed by atoms with Crippen LogP contribution in [0.15, 0.2) is 15.7 Å². The summed E-state index contributed by atoms with van der Waals surface area (Å²) in [6.07, 6.45) is 3.62. The topological polar surface area (TPSA) is 114 Å². The first-order valence-electron chi connectivity index (χ1n) is 10.1. The number of nitrogens with one attached hydrogen (secondary N) is 1. The van der Waals surface area contributed by atoms with E-state index in [9.17, 15) is 14.4 Å². The fraction of sp³-hybridized carbons (Fsp3) is 0.600. The van der Waals surface area contributed by atoms with Gasteiger partial charge in [0.15, 0.2) is 5.65 Å². The first-order chi connectivity index (χ1) is 13.4. The Hall–Kier alpha value is -2.48. The summed E-state index contributed by atoms with van der Waals surface area (Å²) in [6, 6.07) is 1.83. The van der Waals surface area contributed by atoms with Gasteiger partial charge in [0.05, 0.1) is 10.9 Å². The SMILES string of the molecule is CCCn1c(=O)[nH]c(=O)c2c(C(=O)N3CC(CN)CC3C)cc(C3CC3)nc21. The zero-order chi connectivity index (χ0) is 20.0. The maximum atomic E-state index is 13.5. The molecular formula is C20H27N5O3. The summed E-state index contributed by atoms with van der Waals surface area (Å²) in [4.78, 5) is 47.3. The normalized spacial score (nSPS) is 22.2. The summed E-state index contributed by atoms with van der Waals surface area (Å²) in [6.45, 7) is 5.53. The number of nitrogens with zero attached hydrogens (tertiary/aromatic N) is 3. The Morgan fingerprint density at radius 3 is 2.71 bits per heavy atom. The molecule has 3 N–H and O–H groups in total. The lowest BCUT2D eigenvalue weighted by atomic mass is 10.1. The molecule has 1 amide bonds. The Bertz CT molecular complexity index is 1040. The molecule has 0 bridgehead atoms. The molecule has 1 aliphatic carbocycles. The van der Waals surface area contributed by atoms with Crippen LogP contribution in [0.5, 0.6) is 0 Å². The van der Waals surface area contributed by atoms with Crippen molar-refractivity contribution in [2.75, 3.05) is 13.1 Å². The number of rotatable bonds is 5. The predicted molar refractivity (Wildman–Crippen MR) is 107 cm³/mol. The van der Waals surface area contributed by atoms with Crippen molar-refractivity contribution in [3.63, 3.8) is 0 Å². The highest BCUT2D eigenvalue weighted by Gasteiger charge is 2.35. The maximum absolute atomic E-state index is 13.5. The molecule has 28 heavy (non-hydrogen) atoms. The fourth-order valence-corrected chi connectivity index (χ4v) is 4.23. The lowest BCUT2D eigenvalue weighted by molar-refractivity contribution is 0.0745. The van der Waals surface area contributed by atoms with E-state index in [1.54, 1.807) is 11.0 Å². The number of aromatic amines is 1. The van der Waals surface area contributed by atoms with Crippen molar-refractivity contribution in [1.82, 2.24) is 19.4 Å². The lowest BCUT2D eigenvalue weighted by Crippen LogP contribution is -2.37. The van der Waals surface area contributed by atoms with Crippen LogP contribution >= 0.6 is 0 Å². The molecule has 1 saturated heterocycles. The summed E-state index contributed by atoms with van der Waals surface area (Å²) in [5.41, 5.74) is 6.26. The van der Waals surface area contributed by atoms with Crippen LogP contribution < -0.4 is 17.0 Å². The van der Waals surface area contributed by atoms with E-state index in [1.807, 2.05) is 13.8 Å². The minimum Gasteiger partial charge on any atom is -0.336 e. The Labute approximate surface area is 162 Å². The second-order valence-corrected chi connectivity index (χ2v) is 8.12. The Balaban J connectivity index is 1.92. The van der Waals surface area contributed by atoms with Gasteiger partial charge in [0.2, 0.25) is 0 Å². The van der Waals surface area contributed by atoms with Gasteiger partial charge in [0.1, 0.15) is 0 Å². The van der Waals surface area contributed by atoms with Crippen LogP contribution in [-0.4, -0.2) is 44.5 Å². The first-order valence-corrected chi connectivity index (χ1v) is 10.1. The average Bonchev–Trinajstić information content (AvgIpc) is 3.45. The van der Waals surface area contributed by atoms with Crippen LogP contribution in [0, 0.1) is 5.92 Å². The fourth-order valence-electron chi connectivity index (χ4n) is 4.23. The molecule has 2 fully saturated rings. The highest BCUT2D eigenvalue weighted by Crippen LogP contribution is 2.40. The van der Waals surface area contributed by atoms with Crippen LogP contribution in [0.1, 0.15) is 61.5 Å². The van der Waals surface area contributed by atoms with Gasteiger partial charge in [-0.3, -0.25) is 19.1 Å². The van der Waals surface area contributed by atoms with Gasteiger partial charge in [-0.15, -0.1) is 0 Å². The zero-order valence-electron chi connectivity index (χ0n) is 16.4. The third-order valence-electron chi connectivity index (χ3n) is 5.90. The number of fused-ring (bicyclic) bond motifs is 1. The molecule has 2 aliphatic rings. The first kappa shape index (κ1) is 18.9. The highest BCUT2D eigenvalue weighted by molar-refractivity contribution is 6.05. The molecule has 8 nitrogen and oxygen atoms in total. The number of pyridine rings is 1. The molecule has 0 radical (unpaired) electrons. The van der Waals surface area contributed by atoms with Crippen LogP contribution in [0.2, 0.25) is 0 Å². The number of aryl methyl sites for hydroxylation is 1. The number of carbonyl (C=O) groups is 1. The molecule has 0 aromatic carbocycles. The summed E-state index contributed by atoms with van der Waals surface area (Å²) < 4.78 is 1.48. The number of carbonyl (C=O) groups excluding carboxylic acids is 1. The van der Waals surface area contributed by atoms with Gasteiger partial charge in [-0.2, -0.15) is 0 Å². The molecular weight excluding hydrogens is 358 g/mol. The highest BCUT2D eigenvalue weighted by atomic mass is 16.2. The van der Waals surface area contributed by atoms with Gasteiger partial charge in [-0.1, -0.05) is 6.92 Å². The van der Waals surface area contributed by atoms with E-state index in [4.69, 9.17) is 5.73 Å². The Morgan fingerprint density at radius 2 is 2.11 bits per heavy atom. The van der Waals surface area contributed by atoms with Crippen LogP contribution in [0.4, 0.5) is 0 Å². The van der Waals surface area contributed by atoms with Crippen molar-refractivity contribution in [2.45, 2.75) is 58.0 Å². The third kappa shape index (κ3) is 3.15. The molecule has 2 aromatic heterocycles. The van der Waals surface area contributed by atoms with Crippen molar-refractivity contribution < 1.29 is 4.79 Å². The van der Waals surface area contributed by atoms with Crippen molar-refractivity contribution in [3.8, 4) is 0 Å². The van der Waals surface area contributed by atoms with E-state index in [2.05, 4.69) is 9.97 Å². The minimum atomic E-state index is -0.548. The maximum Gasteiger partial charge on any atom is 0.329 e. The number of hydrogen-bond donors (Lipinski definition) is 2. The quantitative estimate of drug-likeness (QED) is 0.802. The van der Waals surface area contributed by atoms with Crippen LogP contribution in [0.25, 0.3) is 11.0 Å². The van der Waals surface area contributed by atoms with Crippen molar-refractivity contribution >= 4 is 16.9 Å². The van der Waals surface area contributed by atoms with Gasteiger partial charge in [0, 0.05) is 30.7 Å². The number of hydrogen-bond acceptors (Lipinski definition) is 5. The largest absolute Gasteiger partial charge is 0.336 e. The average molecular weight is 385 g/mol. The molecule has 1 saturated carbocycles. The molecule has 3 heterocycles. The van der Waals surface area contributed by atoms with Gasteiger partial charge in [0.25, 0.3) is 11.5 Å². The van der Waals surface area contributed by atoms with E-state index in [0.717, 1.165) is 31.4 Å². The molecule has 2 aromatic rings. The molecule has 4 rings (SSSR count). The van der Waals surface area contributed by atoms with Gasteiger partial charge in [-0.05, 0) is 51.1 Å². The van der Waals surface area contributed by atoms with Gasteiger partial charge in [-0.25, -0.2) is 9.78 Å². The number of nitrogens with two attached hydrogens (primary N) is 1. The third-order valence-corrected chi connectivity index (χ3v) is 5.90. The summed E-state index contributed by atoms with van der Waals surface area (Å²) in [5.74, 6) is 0.393. The molecule has 0 spiro atoms. The number of aromatic nitrogens is 3. The molecule has 8 heteroatoms. The Morgan fingerprint density at radius 1 is 1.36 bits per heavy atom. The van der Waals surface area contributed by atoms with Crippen molar-refractivity contribution in [2.24, 2.45) is 11.7 Å². The predicted octanol–water partition coefficient (Wildman–Crippen LogP) is 1.18. The second kappa shape index (κ2) is 7.16. The monoisotopic (exact) mass is 385 g/mol. The number of H-pyrrole nitrogens is 1. The van der Waals surface area contributed by atoms with Gasteiger partial charge < -0.3 is 10.6 Å². The smallest absolute Gasteiger partial charge is 0.329 e. The number of amides is 1. The van der Waals surface area contributed by atoms with Crippen molar-refractivity contribution in [3.05, 3.63) is 38.2 Å². The van der Waals surface area contributed by atoms with E-state index in [0.29, 0.717) is 36.8 Å². The summed E-state index contributed by atoms with van der Waals surface area (Å²) in [5, 5.41) is 0.214. The molecule has 2 unspecified atom stereocenters. The van der Waals surface area contributed by atoms with Gasteiger partial charge >= 0.3 is 5.69 Å². The zero-order valence-corrected chi connectivity index (χ0v) is 16.4. The molecule has 2 atom stereocenters. The van der Waals surface area contributed by atoms with E-state index in [1.165, 1.54) is 4.57 Å². The standard InChI is InChI=1S/C20H27N5O3/c1-3-6-24-17-16(18(26)23-20(24)28)14(8-15(22-17)13-4-5-13)19(27)25-10-12(9-21)7-11(25)2/h8,11-13H,3-7,9-10,21H2,1-2H3,(H,23,26,28). The van der Waals surface area contributed by atoms with E-state index >= 15 is 0 Å². The van der Waals surface area contributed by atoms with Crippen molar-refractivity contribution in [1.29, 1.82) is 0 Å². The van der Waals surface area contributed by atoms with E-state index < -0.39 is 11.2 Å². The minimum absolute atomic E-state index is 0.0641. The summed E-state index contributed by atoms with van der Waals surface area (Å²) >= 11 is 0. The van der Waals surface area contributed by atoms with E-state index in [-0.39, 0.29) is 23.3 Å². The molecule has 1 aliphatic heterocycles. The van der Waals surface area contributed by atoms with Crippen LogP contribution in [-0.2, 0) is 6.54 Å². The second-order valence-electron chi connectivity index (χ2n) is 8.12. The van der Waals surface area contributed by atoms with Crippen LogP contribution in [0.3, 0.4) is 0 Å². The summed E-state index contributed by atoms with van der Waals surface area (Å²) in [7, 11) is 0. The molecule has 150 valence electrons.